The third-order valence-corrected chi connectivity index (χ3v) is 5.16. The van der Waals surface area contributed by atoms with Gasteiger partial charge in [0.15, 0.2) is 0 Å². The Morgan fingerprint density at radius 1 is 0.630 bits per heavy atom. The minimum absolute atomic E-state index is 0.310. The van der Waals surface area contributed by atoms with Crippen molar-refractivity contribution < 1.29 is 0 Å². The number of fused-ring (bicyclic) bond motifs is 4. The molecule has 5 aromatic rings. The molecule has 0 fully saturated rings. The van der Waals surface area contributed by atoms with Gasteiger partial charge < -0.3 is 0 Å². The zero-order valence-electron chi connectivity index (χ0n) is 15.5. The van der Waals surface area contributed by atoms with Gasteiger partial charge in [-0.05, 0) is 45.7 Å². The molecule has 4 aromatic carbocycles. The number of hydrogen-bond acceptors (Lipinski definition) is 2. The summed E-state index contributed by atoms with van der Waals surface area (Å²) in [7, 11) is 0. The Bertz CT molecular complexity index is 1300. The molecule has 0 spiro atoms. The Labute approximate surface area is 158 Å². The monoisotopic (exact) mass is 348 g/mol. The van der Waals surface area contributed by atoms with E-state index in [-0.39, 0.29) is 0 Å². The molecular formula is C25H20N2. The van der Waals surface area contributed by atoms with E-state index in [2.05, 4.69) is 68.4 Å². The van der Waals surface area contributed by atoms with Gasteiger partial charge in [-0.25, -0.2) is 9.97 Å². The maximum Gasteiger partial charge on any atom is 0.0928 e. The molecule has 0 aliphatic heterocycles. The molecular weight excluding hydrogens is 328 g/mol. The normalized spacial score (nSPS) is 11.7. The van der Waals surface area contributed by atoms with Crippen LogP contribution < -0.4 is 0 Å². The van der Waals surface area contributed by atoms with Crippen LogP contribution in [0.25, 0.3) is 43.8 Å². The molecule has 5 rings (SSSR count). The van der Waals surface area contributed by atoms with Crippen molar-refractivity contribution in [3.63, 3.8) is 0 Å². The van der Waals surface area contributed by atoms with Crippen molar-refractivity contribution in [1.29, 1.82) is 0 Å². The predicted molar refractivity (Wildman–Crippen MR) is 114 cm³/mol. The van der Waals surface area contributed by atoms with E-state index in [0.29, 0.717) is 5.92 Å². The molecule has 0 saturated carbocycles. The summed E-state index contributed by atoms with van der Waals surface area (Å²) in [6.07, 6.45) is 0. The second kappa shape index (κ2) is 6.17. The molecule has 0 aliphatic rings. The minimum Gasteiger partial charge on any atom is -0.249 e. The lowest BCUT2D eigenvalue weighted by Gasteiger charge is -2.13. The first kappa shape index (κ1) is 16.0. The highest BCUT2D eigenvalue weighted by molar-refractivity contribution is 6.08. The fourth-order valence-corrected chi connectivity index (χ4v) is 3.79. The van der Waals surface area contributed by atoms with Gasteiger partial charge in [0, 0.05) is 5.56 Å². The van der Waals surface area contributed by atoms with E-state index in [9.17, 15) is 0 Å². The Hall–Kier alpha value is -3.26. The van der Waals surface area contributed by atoms with Gasteiger partial charge in [-0.1, -0.05) is 74.5 Å². The lowest BCUT2D eigenvalue weighted by Crippen LogP contribution is -2.01. The highest BCUT2D eigenvalue weighted by atomic mass is 14.8. The van der Waals surface area contributed by atoms with Crippen molar-refractivity contribution in [2.45, 2.75) is 19.8 Å². The summed E-state index contributed by atoms with van der Waals surface area (Å²) in [4.78, 5) is 9.89. The van der Waals surface area contributed by atoms with Crippen molar-refractivity contribution >= 4 is 32.6 Å². The van der Waals surface area contributed by atoms with E-state index >= 15 is 0 Å². The first-order chi connectivity index (χ1) is 13.2. The second-order valence-corrected chi connectivity index (χ2v) is 7.32. The number of aromatic nitrogens is 2. The largest absolute Gasteiger partial charge is 0.249 e. The fourth-order valence-electron chi connectivity index (χ4n) is 3.79. The first-order valence-corrected chi connectivity index (χ1v) is 9.39. The van der Waals surface area contributed by atoms with Crippen LogP contribution in [-0.4, -0.2) is 9.97 Å². The highest BCUT2D eigenvalue weighted by Crippen LogP contribution is 2.32. The van der Waals surface area contributed by atoms with Crippen LogP contribution in [-0.2, 0) is 0 Å². The van der Waals surface area contributed by atoms with Crippen LogP contribution in [0.4, 0.5) is 0 Å². The summed E-state index contributed by atoms with van der Waals surface area (Å²) < 4.78 is 0. The quantitative estimate of drug-likeness (QED) is 0.331. The highest BCUT2D eigenvalue weighted by Gasteiger charge is 2.14. The molecule has 0 N–H and O–H groups in total. The van der Waals surface area contributed by atoms with Crippen molar-refractivity contribution in [3.8, 4) is 11.3 Å². The zero-order chi connectivity index (χ0) is 18.4. The van der Waals surface area contributed by atoms with Crippen LogP contribution in [0.2, 0.25) is 0 Å². The van der Waals surface area contributed by atoms with Crippen LogP contribution in [0.3, 0.4) is 0 Å². The number of nitrogens with zero attached hydrogens (tertiary/aromatic N) is 2. The summed E-state index contributed by atoms with van der Waals surface area (Å²) in [5.41, 5.74) is 5.06. The van der Waals surface area contributed by atoms with E-state index < -0.39 is 0 Å². The van der Waals surface area contributed by atoms with E-state index in [1.54, 1.807) is 0 Å². The van der Waals surface area contributed by atoms with Gasteiger partial charge in [0.05, 0.1) is 22.4 Å². The maximum atomic E-state index is 4.97. The van der Waals surface area contributed by atoms with Crippen LogP contribution >= 0.6 is 0 Å². The summed E-state index contributed by atoms with van der Waals surface area (Å²) in [5, 5.41) is 5.06. The number of benzene rings is 4. The van der Waals surface area contributed by atoms with Gasteiger partial charge >= 0.3 is 0 Å². The van der Waals surface area contributed by atoms with Gasteiger partial charge in [-0.15, -0.1) is 0 Å². The van der Waals surface area contributed by atoms with Crippen molar-refractivity contribution in [1.82, 2.24) is 9.97 Å². The molecule has 27 heavy (non-hydrogen) atoms. The van der Waals surface area contributed by atoms with Gasteiger partial charge in [0.2, 0.25) is 0 Å². The Balaban J connectivity index is 1.77. The topological polar surface area (TPSA) is 25.8 Å². The standard InChI is InChI=1S/C25H20N2/c1-16(2)24-25(27-23-10-6-5-9-22(23)26-24)19-13-14-21-18(15-19)12-11-17-7-3-4-8-20(17)21/h3-16H,1-2H3. The molecule has 0 unspecified atom stereocenters. The lowest BCUT2D eigenvalue weighted by atomic mass is 9.97. The average molecular weight is 348 g/mol. The number of hydrogen-bond donors (Lipinski definition) is 0. The Morgan fingerprint density at radius 3 is 2.11 bits per heavy atom. The van der Waals surface area contributed by atoms with Gasteiger partial charge in [0.1, 0.15) is 0 Å². The van der Waals surface area contributed by atoms with E-state index in [1.807, 2.05) is 24.3 Å². The Morgan fingerprint density at radius 2 is 1.30 bits per heavy atom. The van der Waals surface area contributed by atoms with Crippen molar-refractivity contribution in [3.05, 3.63) is 84.6 Å². The molecule has 0 saturated heterocycles. The molecule has 2 heteroatoms. The first-order valence-electron chi connectivity index (χ1n) is 9.39. The summed E-state index contributed by atoms with van der Waals surface area (Å²) in [6, 6.07) is 27.7. The second-order valence-electron chi connectivity index (χ2n) is 7.32. The molecule has 0 bridgehead atoms. The molecule has 0 radical (unpaired) electrons. The van der Waals surface area contributed by atoms with Crippen molar-refractivity contribution in [2.75, 3.05) is 0 Å². The van der Waals surface area contributed by atoms with Crippen molar-refractivity contribution in [2.24, 2.45) is 0 Å². The number of para-hydroxylation sites is 2. The van der Waals surface area contributed by atoms with E-state index in [4.69, 9.17) is 9.97 Å². The minimum atomic E-state index is 0.310. The zero-order valence-corrected chi connectivity index (χ0v) is 15.5. The number of rotatable bonds is 2. The van der Waals surface area contributed by atoms with Gasteiger partial charge in [-0.3, -0.25) is 0 Å². The van der Waals surface area contributed by atoms with E-state index in [0.717, 1.165) is 28.0 Å². The average Bonchev–Trinajstić information content (AvgIpc) is 2.72. The Kier molecular flexibility index (Phi) is 3.64. The fraction of sp³-hybridized carbons (Fsp3) is 0.120. The summed E-state index contributed by atoms with van der Waals surface area (Å²) in [5.74, 6) is 0.310. The lowest BCUT2D eigenvalue weighted by molar-refractivity contribution is 0.825. The maximum absolute atomic E-state index is 4.97. The predicted octanol–water partition coefficient (Wildman–Crippen LogP) is 6.73. The molecule has 0 atom stereocenters. The van der Waals surface area contributed by atoms with Crippen LogP contribution in [0.15, 0.2) is 78.9 Å². The third kappa shape index (κ3) is 2.65. The SMILES string of the molecule is CC(C)c1nc2ccccc2nc1-c1ccc2c(ccc3ccccc32)c1. The molecule has 0 aliphatic carbocycles. The molecule has 1 heterocycles. The molecule has 130 valence electrons. The van der Waals surface area contributed by atoms with Crippen LogP contribution in [0.5, 0.6) is 0 Å². The smallest absolute Gasteiger partial charge is 0.0928 e. The molecule has 1 aromatic heterocycles. The van der Waals surface area contributed by atoms with Gasteiger partial charge in [-0.2, -0.15) is 0 Å². The third-order valence-electron chi connectivity index (χ3n) is 5.16. The molecule has 0 amide bonds. The van der Waals surface area contributed by atoms with Crippen LogP contribution in [0, 0.1) is 0 Å². The summed E-state index contributed by atoms with van der Waals surface area (Å²) >= 11 is 0. The van der Waals surface area contributed by atoms with Crippen LogP contribution in [0.1, 0.15) is 25.5 Å². The van der Waals surface area contributed by atoms with Gasteiger partial charge in [0.25, 0.3) is 0 Å². The van der Waals surface area contributed by atoms with E-state index in [1.165, 1.54) is 21.5 Å². The summed E-state index contributed by atoms with van der Waals surface area (Å²) in [6.45, 7) is 4.35. The molecule has 2 nitrogen and oxygen atoms in total.